The van der Waals surface area contributed by atoms with Crippen LogP contribution in [0.5, 0.6) is 0 Å². The van der Waals surface area contributed by atoms with E-state index in [1.165, 1.54) is 18.4 Å². The summed E-state index contributed by atoms with van der Waals surface area (Å²) in [5, 5.41) is 12.6. The fourth-order valence-electron chi connectivity index (χ4n) is 3.36. The summed E-state index contributed by atoms with van der Waals surface area (Å²) < 4.78 is 0. The molecular formula is C16H19N3. The van der Waals surface area contributed by atoms with Crippen molar-refractivity contribution in [2.24, 2.45) is 11.8 Å². The molecule has 2 unspecified atom stereocenters. The molecule has 1 aromatic rings. The second-order valence-electron chi connectivity index (χ2n) is 5.56. The quantitative estimate of drug-likeness (QED) is 0.837. The highest BCUT2D eigenvalue weighted by Crippen LogP contribution is 2.39. The summed E-state index contributed by atoms with van der Waals surface area (Å²) in [6.07, 6.45) is 8.01. The number of pyridine rings is 1. The zero-order valence-electron chi connectivity index (χ0n) is 11.3. The number of allylic oxidation sites excluding steroid dienone is 1. The smallest absolute Gasteiger partial charge is 0.101 e. The van der Waals surface area contributed by atoms with Crippen LogP contribution in [0.15, 0.2) is 18.3 Å². The van der Waals surface area contributed by atoms with Gasteiger partial charge in [0.25, 0.3) is 0 Å². The van der Waals surface area contributed by atoms with Crippen LogP contribution in [-0.2, 0) is 0 Å². The summed E-state index contributed by atoms with van der Waals surface area (Å²) in [5.74, 6) is 1.40. The lowest BCUT2D eigenvalue weighted by molar-refractivity contribution is 0.285. The van der Waals surface area contributed by atoms with Crippen LogP contribution in [0, 0.1) is 30.1 Å². The van der Waals surface area contributed by atoms with Gasteiger partial charge in [-0.2, -0.15) is 5.26 Å². The predicted octanol–water partition coefficient (Wildman–Crippen LogP) is 2.66. The Balaban J connectivity index is 1.96. The van der Waals surface area contributed by atoms with Gasteiger partial charge in [0.1, 0.15) is 6.07 Å². The van der Waals surface area contributed by atoms with Gasteiger partial charge in [0.2, 0.25) is 0 Å². The van der Waals surface area contributed by atoms with Crippen LogP contribution in [0.4, 0.5) is 0 Å². The molecule has 1 fully saturated rings. The standard InChI is InChI=1S/C16H19N3/c1-11-13(8-17)7-14(9-19-11)15-4-2-3-12-5-6-18-10-16(12)15/h4,7,9,12,16,18H,2-3,5-6,10H2,1H3. The highest BCUT2D eigenvalue weighted by Gasteiger charge is 2.30. The molecule has 1 aromatic heterocycles. The van der Waals surface area contributed by atoms with E-state index in [0.717, 1.165) is 36.7 Å². The predicted molar refractivity (Wildman–Crippen MR) is 75.4 cm³/mol. The molecule has 19 heavy (non-hydrogen) atoms. The monoisotopic (exact) mass is 253 g/mol. The van der Waals surface area contributed by atoms with Gasteiger partial charge in [0.15, 0.2) is 0 Å². The van der Waals surface area contributed by atoms with Crippen molar-refractivity contribution in [1.82, 2.24) is 10.3 Å². The van der Waals surface area contributed by atoms with Crippen molar-refractivity contribution in [3.63, 3.8) is 0 Å². The van der Waals surface area contributed by atoms with Crippen molar-refractivity contribution < 1.29 is 0 Å². The fourth-order valence-corrected chi connectivity index (χ4v) is 3.36. The SMILES string of the molecule is Cc1ncc(C2=CCCC3CCNCC23)cc1C#N. The molecule has 2 atom stereocenters. The van der Waals surface area contributed by atoms with Crippen LogP contribution in [0.25, 0.3) is 5.57 Å². The zero-order valence-corrected chi connectivity index (χ0v) is 11.3. The Morgan fingerprint density at radius 2 is 2.32 bits per heavy atom. The lowest BCUT2D eigenvalue weighted by atomic mass is 9.73. The molecule has 1 aliphatic carbocycles. The number of hydrogen-bond donors (Lipinski definition) is 1. The molecular weight excluding hydrogens is 234 g/mol. The van der Waals surface area contributed by atoms with Crippen LogP contribution in [0.2, 0.25) is 0 Å². The number of fused-ring (bicyclic) bond motifs is 1. The minimum absolute atomic E-state index is 0.596. The molecule has 1 N–H and O–H groups in total. The molecule has 3 nitrogen and oxygen atoms in total. The topological polar surface area (TPSA) is 48.7 Å². The maximum absolute atomic E-state index is 9.15. The summed E-state index contributed by atoms with van der Waals surface area (Å²) in [7, 11) is 0. The van der Waals surface area contributed by atoms with Crippen molar-refractivity contribution in [3.05, 3.63) is 35.2 Å². The van der Waals surface area contributed by atoms with Gasteiger partial charge in [-0.1, -0.05) is 6.08 Å². The molecule has 1 aliphatic heterocycles. The highest BCUT2D eigenvalue weighted by molar-refractivity contribution is 5.69. The number of nitrogens with zero attached hydrogens (tertiary/aromatic N) is 2. The average molecular weight is 253 g/mol. The molecule has 3 heteroatoms. The Hall–Kier alpha value is -1.66. The third-order valence-electron chi connectivity index (χ3n) is 4.47. The molecule has 0 bridgehead atoms. The van der Waals surface area contributed by atoms with Crippen molar-refractivity contribution in [3.8, 4) is 6.07 Å². The van der Waals surface area contributed by atoms with Gasteiger partial charge in [-0.05, 0) is 61.8 Å². The Kier molecular flexibility index (Phi) is 3.35. The van der Waals surface area contributed by atoms with Crippen molar-refractivity contribution >= 4 is 5.57 Å². The average Bonchev–Trinajstić information content (AvgIpc) is 2.47. The van der Waals surface area contributed by atoms with Gasteiger partial charge in [-0.3, -0.25) is 4.98 Å². The van der Waals surface area contributed by atoms with Crippen LogP contribution in [-0.4, -0.2) is 18.1 Å². The second kappa shape index (κ2) is 5.14. The normalized spacial score (nSPS) is 26.2. The van der Waals surface area contributed by atoms with Gasteiger partial charge < -0.3 is 5.32 Å². The molecule has 2 aliphatic rings. The number of nitriles is 1. The minimum atomic E-state index is 0.596. The number of hydrogen-bond acceptors (Lipinski definition) is 3. The van der Waals surface area contributed by atoms with E-state index in [2.05, 4.69) is 22.4 Å². The Morgan fingerprint density at radius 3 is 3.16 bits per heavy atom. The Morgan fingerprint density at radius 1 is 1.42 bits per heavy atom. The van der Waals surface area contributed by atoms with Crippen LogP contribution >= 0.6 is 0 Å². The van der Waals surface area contributed by atoms with Gasteiger partial charge in [0, 0.05) is 12.7 Å². The van der Waals surface area contributed by atoms with Gasteiger partial charge in [-0.15, -0.1) is 0 Å². The molecule has 1 saturated heterocycles. The molecule has 98 valence electrons. The van der Waals surface area contributed by atoms with Gasteiger partial charge >= 0.3 is 0 Å². The first-order valence-electron chi connectivity index (χ1n) is 7.07. The van der Waals surface area contributed by atoms with E-state index in [9.17, 15) is 0 Å². The van der Waals surface area contributed by atoms with E-state index in [0.29, 0.717) is 11.5 Å². The van der Waals surface area contributed by atoms with E-state index in [1.54, 1.807) is 0 Å². The fraction of sp³-hybridized carbons (Fsp3) is 0.500. The number of rotatable bonds is 1. The van der Waals surface area contributed by atoms with Crippen LogP contribution in [0.1, 0.15) is 36.1 Å². The van der Waals surface area contributed by atoms with E-state index < -0.39 is 0 Å². The van der Waals surface area contributed by atoms with E-state index in [1.807, 2.05) is 19.2 Å². The summed E-state index contributed by atoms with van der Waals surface area (Å²) >= 11 is 0. The van der Waals surface area contributed by atoms with Crippen molar-refractivity contribution in [1.29, 1.82) is 5.26 Å². The molecule has 0 aromatic carbocycles. The Labute approximate surface area is 114 Å². The largest absolute Gasteiger partial charge is 0.316 e. The van der Waals surface area contributed by atoms with E-state index >= 15 is 0 Å². The first-order valence-corrected chi connectivity index (χ1v) is 7.07. The van der Waals surface area contributed by atoms with Crippen LogP contribution < -0.4 is 5.32 Å². The summed E-state index contributed by atoms with van der Waals surface area (Å²) in [4.78, 5) is 4.38. The summed E-state index contributed by atoms with van der Waals surface area (Å²) in [6.45, 7) is 4.10. The maximum Gasteiger partial charge on any atom is 0.101 e. The van der Waals surface area contributed by atoms with Crippen LogP contribution in [0.3, 0.4) is 0 Å². The molecule has 0 amide bonds. The lowest BCUT2D eigenvalue weighted by Crippen LogP contribution is -2.38. The number of aromatic nitrogens is 1. The zero-order chi connectivity index (χ0) is 13.2. The Bertz CT molecular complexity index is 554. The number of nitrogens with one attached hydrogen (secondary N) is 1. The van der Waals surface area contributed by atoms with Crippen molar-refractivity contribution in [2.75, 3.05) is 13.1 Å². The molecule has 0 saturated carbocycles. The van der Waals surface area contributed by atoms with Gasteiger partial charge in [-0.25, -0.2) is 0 Å². The third kappa shape index (κ3) is 2.29. The minimum Gasteiger partial charge on any atom is -0.316 e. The molecule has 0 radical (unpaired) electrons. The third-order valence-corrected chi connectivity index (χ3v) is 4.47. The lowest BCUT2D eigenvalue weighted by Gasteiger charge is -2.37. The van der Waals surface area contributed by atoms with Gasteiger partial charge in [0.05, 0.1) is 11.3 Å². The maximum atomic E-state index is 9.15. The second-order valence-corrected chi connectivity index (χ2v) is 5.56. The number of piperidine rings is 1. The van der Waals surface area contributed by atoms with E-state index in [-0.39, 0.29) is 0 Å². The summed E-state index contributed by atoms with van der Waals surface area (Å²) in [5.41, 5.74) is 4.05. The highest BCUT2D eigenvalue weighted by atomic mass is 14.9. The molecule has 0 spiro atoms. The first-order chi connectivity index (χ1) is 9.29. The first kappa shape index (κ1) is 12.4. The van der Waals surface area contributed by atoms with Crippen molar-refractivity contribution in [2.45, 2.75) is 26.2 Å². The van der Waals surface area contributed by atoms with E-state index in [4.69, 9.17) is 5.26 Å². The molecule has 3 rings (SSSR count). The molecule has 2 heterocycles. The number of aryl methyl sites for hydroxylation is 1. The summed E-state index contributed by atoms with van der Waals surface area (Å²) in [6, 6.07) is 4.25.